The summed E-state index contributed by atoms with van der Waals surface area (Å²) in [5, 5.41) is 0. The summed E-state index contributed by atoms with van der Waals surface area (Å²) in [6.45, 7) is 1.83. The lowest BCUT2D eigenvalue weighted by Gasteiger charge is -2.05. The van der Waals surface area contributed by atoms with Crippen molar-refractivity contribution in [2.24, 2.45) is 7.05 Å². The maximum atomic E-state index is 12.3. The van der Waals surface area contributed by atoms with Gasteiger partial charge in [0.1, 0.15) is 11.5 Å². The molecular formula is C14H14N2O5S. The van der Waals surface area contributed by atoms with Gasteiger partial charge in [-0.1, -0.05) is 0 Å². The summed E-state index contributed by atoms with van der Waals surface area (Å²) in [6.07, 6.45) is 0. The van der Waals surface area contributed by atoms with Crippen LogP contribution in [0, 0.1) is 6.92 Å². The summed E-state index contributed by atoms with van der Waals surface area (Å²) in [7, 11) is -2.17. The number of aromatic nitrogens is 1. The van der Waals surface area contributed by atoms with E-state index in [0.717, 1.165) is 0 Å². The number of aryl methyl sites for hydroxylation is 2. The molecule has 0 bridgehead atoms. The molecule has 0 spiro atoms. The standard InChI is InChI=1S/C14H14N2O5S/c1-9-3-4-10(20-9)8-15-22(18,19)11-5-6-12-13(7-11)21-14(17)16(12)2/h3-7,15H,8H2,1-2H3. The zero-order valence-corrected chi connectivity index (χ0v) is 12.8. The Morgan fingerprint density at radius 1 is 1.18 bits per heavy atom. The highest BCUT2D eigenvalue weighted by Gasteiger charge is 2.17. The van der Waals surface area contributed by atoms with Crippen molar-refractivity contribution < 1.29 is 17.3 Å². The van der Waals surface area contributed by atoms with Gasteiger partial charge in [-0.25, -0.2) is 17.9 Å². The van der Waals surface area contributed by atoms with E-state index in [-0.39, 0.29) is 17.0 Å². The van der Waals surface area contributed by atoms with E-state index >= 15 is 0 Å². The molecule has 0 unspecified atom stereocenters. The molecule has 0 amide bonds. The second kappa shape index (κ2) is 5.15. The minimum atomic E-state index is -3.73. The molecule has 22 heavy (non-hydrogen) atoms. The average Bonchev–Trinajstić information content (AvgIpc) is 3.01. The summed E-state index contributed by atoms with van der Waals surface area (Å²) < 4.78 is 38.6. The van der Waals surface area contributed by atoms with Crippen LogP contribution in [0.1, 0.15) is 11.5 Å². The first-order chi connectivity index (χ1) is 10.4. The molecule has 0 saturated heterocycles. The Labute approximate surface area is 126 Å². The SMILES string of the molecule is Cc1ccc(CNS(=O)(=O)c2ccc3c(c2)oc(=O)n3C)o1. The number of nitrogens with zero attached hydrogens (tertiary/aromatic N) is 1. The van der Waals surface area contributed by atoms with E-state index in [1.54, 1.807) is 26.1 Å². The normalized spacial score (nSPS) is 12.1. The van der Waals surface area contributed by atoms with Gasteiger partial charge in [-0.3, -0.25) is 4.57 Å². The van der Waals surface area contributed by atoms with Crippen LogP contribution < -0.4 is 10.5 Å². The molecule has 116 valence electrons. The van der Waals surface area contributed by atoms with E-state index in [4.69, 9.17) is 8.83 Å². The third-order valence-electron chi connectivity index (χ3n) is 3.31. The lowest BCUT2D eigenvalue weighted by Crippen LogP contribution is -2.22. The number of rotatable bonds is 4. The molecule has 0 radical (unpaired) electrons. The number of oxazole rings is 1. The van der Waals surface area contributed by atoms with Crippen molar-refractivity contribution in [2.75, 3.05) is 0 Å². The number of furan rings is 1. The smallest absolute Gasteiger partial charge is 0.419 e. The third kappa shape index (κ3) is 2.58. The van der Waals surface area contributed by atoms with Gasteiger partial charge >= 0.3 is 5.76 Å². The van der Waals surface area contributed by atoms with Crippen molar-refractivity contribution >= 4 is 21.1 Å². The van der Waals surface area contributed by atoms with Crippen molar-refractivity contribution in [3.8, 4) is 0 Å². The molecular weight excluding hydrogens is 308 g/mol. The van der Waals surface area contributed by atoms with Crippen LogP contribution in [-0.4, -0.2) is 13.0 Å². The molecule has 2 aromatic heterocycles. The molecule has 3 rings (SSSR count). The Hall–Kier alpha value is -2.32. The number of nitrogens with one attached hydrogen (secondary N) is 1. The Morgan fingerprint density at radius 3 is 2.64 bits per heavy atom. The second-order valence-electron chi connectivity index (χ2n) is 4.89. The number of benzene rings is 1. The highest BCUT2D eigenvalue weighted by Crippen LogP contribution is 2.18. The topological polar surface area (TPSA) is 94.5 Å². The van der Waals surface area contributed by atoms with Crippen molar-refractivity contribution in [1.82, 2.24) is 9.29 Å². The summed E-state index contributed by atoms with van der Waals surface area (Å²) >= 11 is 0. The van der Waals surface area contributed by atoms with Gasteiger partial charge in [-0.15, -0.1) is 0 Å². The first-order valence-electron chi connectivity index (χ1n) is 6.51. The molecule has 0 fully saturated rings. The van der Waals surface area contributed by atoms with Gasteiger partial charge < -0.3 is 8.83 Å². The Morgan fingerprint density at radius 2 is 1.95 bits per heavy atom. The molecule has 0 aliphatic carbocycles. The lowest BCUT2D eigenvalue weighted by molar-refractivity contribution is 0.475. The minimum absolute atomic E-state index is 0.0256. The van der Waals surface area contributed by atoms with E-state index in [1.807, 2.05) is 0 Å². The van der Waals surface area contributed by atoms with Crippen molar-refractivity contribution in [1.29, 1.82) is 0 Å². The summed E-state index contributed by atoms with van der Waals surface area (Å²) in [6, 6.07) is 7.75. The highest BCUT2D eigenvalue weighted by atomic mass is 32.2. The van der Waals surface area contributed by atoms with Gasteiger partial charge in [-0.05, 0) is 31.2 Å². The maximum absolute atomic E-state index is 12.3. The molecule has 3 aromatic rings. The third-order valence-corrected chi connectivity index (χ3v) is 4.71. The van der Waals surface area contributed by atoms with Gasteiger partial charge in [0.05, 0.1) is 17.0 Å². The van der Waals surface area contributed by atoms with Crippen molar-refractivity contribution in [3.63, 3.8) is 0 Å². The molecule has 0 saturated carbocycles. The van der Waals surface area contributed by atoms with Crippen molar-refractivity contribution in [3.05, 3.63) is 52.4 Å². The number of hydrogen-bond donors (Lipinski definition) is 1. The van der Waals surface area contributed by atoms with Crippen molar-refractivity contribution in [2.45, 2.75) is 18.4 Å². The molecule has 0 aliphatic rings. The van der Waals surface area contributed by atoms with E-state index in [0.29, 0.717) is 17.0 Å². The first-order valence-corrected chi connectivity index (χ1v) is 8.00. The molecule has 8 heteroatoms. The summed E-state index contributed by atoms with van der Waals surface area (Å²) in [5.41, 5.74) is 0.759. The molecule has 0 aliphatic heterocycles. The summed E-state index contributed by atoms with van der Waals surface area (Å²) in [5.74, 6) is 0.693. The van der Waals surface area contributed by atoms with Crippen LogP contribution in [0.3, 0.4) is 0 Å². The summed E-state index contributed by atoms with van der Waals surface area (Å²) in [4.78, 5) is 11.5. The first kappa shape index (κ1) is 14.6. The fourth-order valence-electron chi connectivity index (χ4n) is 2.11. The van der Waals surface area contributed by atoms with Crippen LogP contribution in [0.15, 0.2) is 48.9 Å². The minimum Gasteiger partial charge on any atom is -0.465 e. The Bertz CT molecular complexity index is 994. The van der Waals surface area contributed by atoms with Crippen LogP contribution in [-0.2, 0) is 23.6 Å². The van der Waals surface area contributed by atoms with Gasteiger partial charge in [0.2, 0.25) is 10.0 Å². The average molecular weight is 322 g/mol. The predicted molar refractivity (Wildman–Crippen MR) is 78.9 cm³/mol. The van der Waals surface area contributed by atoms with Crippen LogP contribution >= 0.6 is 0 Å². The molecule has 7 nitrogen and oxygen atoms in total. The monoisotopic (exact) mass is 322 g/mol. The fourth-order valence-corrected chi connectivity index (χ4v) is 3.12. The largest absolute Gasteiger partial charge is 0.465 e. The zero-order valence-electron chi connectivity index (χ0n) is 12.0. The van der Waals surface area contributed by atoms with E-state index in [2.05, 4.69) is 4.72 Å². The molecule has 1 N–H and O–H groups in total. The van der Waals surface area contributed by atoms with Crippen LogP contribution in [0.5, 0.6) is 0 Å². The van der Waals surface area contributed by atoms with E-state index in [9.17, 15) is 13.2 Å². The van der Waals surface area contributed by atoms with Gasteiger partial charge in [0.15, 0.2) is 5.58 Å². The maximum Gasteiger partial charge on any atom is 0.419 e. The number of hydrogen-bond acceptors (Lipinski definition) is 5. The number of fused-ring (bicyclic) bond motifs is 1. The van der Waals surface area contributed by atoms with Crippen LogP contribution in [0.25, 0.3) is 11.1 Å². The van der Waals surface area contributed by atoms with E-state index in [1.165, 1.54) is 22.8 Å². The Balaban J connectivity index is 1.89. The van der Waals surface area contributed by atoms with Gasteiger partial charge in [0, 0.05) is 13.1 Å². The fraction of sp³-hybridized carbons (Fsp3) is 0.214. The van der Waals surface area contributed by atoms with E-state index < -0.39 is 15.8 Å². The van der Waals surface area contributed by atoms with Gasteiger partial charge in [-0.2, -0.15) is 0 Å². The molecule has 0 atom stereocenters. The molecule has 1 aromatic carbocycles. The highest BCUT2D eigenvalue weighted by molar-refractivity contribution is 7.89. The second-order valence-corrected chi connectivity index (χ2v) is 6.66. The quantitative estimate of drug-likeness (QED) is 0.785. The van der Waals surface area contributed by atoms with Crippen LogP contribution in [0.4, 0.5) is 0 Å². The van der Waals surface area contributed by atoms with Crippen LogP contribution in [0.2, 0.25) is 0 Å². The van der Waals surface area contributed by atoms with Gasteiger partial charge in [0.25, 0.3) is 0 Å². The molecule has 2 heterocycles. The Kier molecular flexibility index (Phi) is 3.42. The zero-order chi connectivity index (χ0) is 15.9. The predicted octanol–water partition coefficient (Wildman–Crippen LogP) is 1.51. The lowest BCUT2D eigenvalue weighted by atomic mass is 10.3. The number of sulfonamides is 1.